The summed E-state index contributed by atoms with van der Waals surface area (Å²) in [5.41, 5.74) is 1.92. The molecule has 0 unspecified atom stereocenters. The van der Waals surface area contributed by atoms with Gasteiger partial charge < -0.3 is 5.32 Å². The van der Waals surface area contributed by atoms with Crippen LogP contribution in [-0.2, 0) is 7.05 Å². The molecule has 0 aliphatic carbocycles. The van der Waals surface area contributed by atoms with Crippen LogP contribution in [0.25, 0.3) is 0 Å². The van der Waals surface area contributed by atoms with E-state index in [2.05, 4.69) is 10.4 Å². The average Bonchev–Trinajstić information content (AvgIpc) is 2.66. The average molecular weight is 219 g/mol. The molecule has 84 valence electrons. The highest BCUT2D eigenvalue weighted by atomic mass is 19.1. The maximum Gasteiger partial charge on any atom is 0.123 e. The van der Waals surface area contributed by atoms with Crippen LogP contribution in [-0.4, -0.2) is 16.8 Å². The largest absolute Gasteiger partial charge is 0.309 e. The lowest BCUT2D eigenvalue weighted by Crippen LogP contribution is -2.17. The Labute approximate surface area is 93.9 Å². The van der Waals surface area contributed by atoms with Crippen LogP contribution in [0.3, 0.4) is 0 Å². The first-order valence-electron chi connectivity index (χ1n) is 5.12. The van der Waals surface area contributed by atoms with Crippen LogP contribution >= 0.6 is 0 Å². The lowest BCUT2D eigenvalue weighted by atomic mass is 10.0. The van der Waals surface area contributed by atoms with E-state index in [1.54, 1.807) is 16.9 Å². The van der Waals surface area contributed by atoms with Crippen molar-refractivity contribution >= 4 is 0 Å². The van der Waals surface area contributed by atoms with Crippen LogP contribution in [0, 0.1) is 5.82 Å². The van der Waals surface area contributed by atoms with Crippen LogP contribution in [0.2, 0.25) is 0 Å². The zero-order valence-corrected chi connectivity index (χ0v) is 9.31. The molecule has 1 aromatic heterocycles. The number of halogens is 1. The van der Waals surface area contributed by atoms with Gasteiger partial charge in [0.1, 0.15) is 5.82 Å². The molecule has 0 fully saturated rings. The van der Waals surface area contributed by atoms with Gasteiger partial charge in [-0.15, -0.1) is 0 Å². The van der Waals surface area contributed by atoms with Gasteiger partial charge >= 0.3 is 0 Å². The Kier molecular flexibility index (Phi) is 3.01. The van der Waals surface area contributed by atoms with E-state index in [-0.39, 0.29) is 11.9 Å². The molecule has 0 bridgehead atoms. The summed E-state index contributed by atoms with van der Waals surface area (Å²) in [5, 5.41) is 7.27. The molecule has 1 heterocycles. The van der Waals surface area contributed by atoms with Crippen LogP contribution in [0.15, 0.2) is 36.7 Å². The van der Waals surface area contributed by atoms with Crippen molar-refractivity contribution in [2.75, 3.05) is 7.05 Å². The fraction of sp³-hybridized carbons (Fsp3) is 0.250. The first kappa shape index (κ1) is 10.8. The molecular formula is C12H14FN3. The minimum Gasteiger partial charge on any atom is -0.309 e. The minimum absolute atomic E-state index is 0.0237. The number of aryl methyl sites for hydroxylation is 1. The van der Waals surface area contributed by atoms with E-state index >= 15 is 0 Å². The second-order valence-electron chi connectivity index (χ2n) is 3.72. The quantitative estimate of drug-likeness (QED) is 0.854. The molecular weight excluding hydrogens is 205 g/mol. The summed E-state index contributed by atoms with van der Waals surface area (Å²) in [7, 11) is 3.71. The Bertz CT molecular complexity index is 479. The van der Waals surface area contributed by atoms with Gasteiger partial charge in [0.2, 0.25) is 0 Å². The summed E-state index contributed by atoms with van der Waals surface area (Å²) in [4.78, 5) is 0. The lowest BCUT2D eigenvalue weighted by molar-refractivity contribution is 0.616. The predicted octanol–water partition coefficient (Wildman–Crippen LogP) is 1.87. The van der Waals surface area contributed by atoms with Gasteiger partial charge in [0.25, 0.3) is 0 Å². The van der Waals surface area contributed by atoms with Gasteiger partial charge in [-0.2, -0.15) is 5.10 Å². The second-order valence-corrected chi connectivity index (χ2v) is 3.72. The van der Waals surface area contributed by atoms with E-state index in [9.17, 15) is 4.39 Å². The summed E-state index contributed by atoms with van der Waals surface area (Å²) >= 11 is 0. The molecule has 0 spiro atoms. The van der Waals surface area contributed by atoms with Gasteiger partial charge in [-0.3, -0.25) is 4.68 Å². The van der Waals surface area contributed by atoms with Crippen LogP contribution in [0.4, 0.5) is 4.39 Å². The highest BCUT2D eigenvalue weighted by Crippen LogP contribution is 2.21. The van der Waals surface area contributed by atoms with E-state index in [1.807, 2.05) is 26.4 Å². The third-order valence-corrected chi connectivity index (χ3v) is 2.53. The number of rotatable bonds is 3. The lowest BCUT2D eigenvalue weighted by Gasteiger charge is -2.14. The zero-order valence-electron chi connectivity index (χ0n) is 9.31. The maximum atomic E-state index is 13.1. The molecule has 2 rings (SSSR count). The van der Waals surface area contributed by atoms with Gasteiger partial charge in [0, 0.05) is 18.8 Å². The van der Waals surface area contributed by atoms with Gasteiger partial charge in [0.05, 0.1) is 12.2 Å². The highest BCUT2D eigenvalue weighted by Gasteiger charge is 2.13. The van der Waals surface area contributed by atoms with Crippen molar-refractivity contribution in [1.82, 2.24) is 15.1 Å². The van der Waals surface area contributed by atoms with E-state index in [0.717, 1.165) is 11.1 Å². The van der Waals surface area contributed by atoms with E-state index in [1.165, 1.54) is 12.1 Å². The van der Waals surface area contributed by atoms with Gasteiger partial charge in [-0.1, -0.05) is 12.1 Å². The van der Waals surface area contributed by atoms with Crippen LogP contribution in [0.1, 0.15) is 17.2 Å². The maximum absolute atomic E-state index is 13.1. The van der Waals surface area contributed by atoms with E-state index in [4.69, 9.17) is 0 Å². The topological polar surface area (TPSA) is 29.9 Å². The third-order valence-electron chi connectivity index (χ3n) is 2.53. The molecule has 1 N–H and O–H groups in total. The van der Waals surface area contributed by atoms with Crippen molar-refractivity contribution in [1.29, 1.82) is 0 Å². The van der Waals surface area contributed by atoms with Crippen LogP contribution < -0.4 is 5.32 Å². The summed E-state index contributed by atoms with van der Waals surface area (Å²) < 4.78 is 14.9. The fourth-order valence-corrected chi connectivity index (χ4v) is 1.80. The summed E-state index contributed by atoms with van der Waals surface area (Å²) in [6, 6.07) is 6.57. The molecule has 1 aromatic carbocycles. The van der Waals surface area contributed by atoms with Crippen molar-refractivity contribution in [3.8, 4) is 0 Å². The first-order chi connectivity index (χ1) is 7.70. The Morgan fingerprint density at radius 2 is 2.19 bits per heavy atom. The molecule has 3 nitrogen and oxygen atoms in total. The molecule has 0 aliphatic heterocycles. The second kappa shape index (κ2) is 4.45. The summed E-state index contributed by atoms with van der Waals surface area (Å²) in [5.74, 6) is -0.221. The molecule has 0 aliphatic rings. The standard InChI is InChI=1S/C12H14FN3/c1-14-12(10-7-15-16(2)8-10)9-4-3-5-11(13)6-9/h3-8,12,14H,1-2H3/t12-/m0/s1. The SMILES string of the molecule is CN[C@@H](c1cccc(F)c1)c1cnn(C)c1. The van der Waals surface area contributed by atoms with Gasteiger partial charge in [-0.05, 0) is 24.7 Å². The summed E-state index contributed by atoms with van der Waals surface area (Å²) in [6.07, 6.45) is 3.71. The van der Waals surface area contributed by atoms with Crippen molar-refractivity contribution in [2.24, 2.45) is 7.05 Å². The third kappa shape index (κ3) is 2.12. The number of hydrogen-bond acceptors (Lipinski definition) is 2. The number of nitrogens with one attached hydrogen (secondary N) is 1. The van der Waals surface area contributed by atoms with Crippen molar-refractivity contribution in [3.05, 3.63) is 53.6 Å². The summed E-state index contributed by atoms with van der Waals surface area (Å²) in [6.45, 7) is 0. The molecule has 2 aromatic rings. The number of aromatic nitrogens is 2. The smallest absolute Gasteiger partial charge is 0.123 e. The molecule has 0 saturated carbocycles. The van der Waals surface area contributed by atoms with Gasteiger partial charge in [-0.25, -0.2) is 4.39 Å². The van der Waals surface area contributed by atoms with Crippen molar-refractivity contribution < 1.29 is 4.39 Å². The Balaban J connectivity index is 2.36. The fourth-order valence-electron chi connectivity index (χ4n) is 1.80. The van der Waals surface area contributed by atoms with Gasteiger partial charge in [0.15, 0.2) is 0 Å². The molecule has 1 atom stereocenters. The highest BCUT2D eigenvalue weighted by molar-refractivity contribution is 5.29. The molecule has 16 heavy (non-hydrogen) atoms. The molecule has 4 heteroatoms. The number of nitrogens with zero attached hydrogens (tertiary/aromatic N) is 2. The Hall–Kier alpha value is -1.68. The molecule has 0 radical (unpaired) electrons. The van der Waals surface area contributed by atoms with Crippen molar-refractivity contribution in [3.63, 3.8) is 0 Å². The number of hydrogen-bond donors (Lipinski definition) is 1. The molecule has 0 amide bonds. The van der Waals surface area contributed by atoms with Crippen molar-refractivity contribution in [2.45, 2.75) is 6.04 Å². The zero-order chi connectivity index (χ0) is 11.5. The number of benzene rings is 1. The van der Waals surface area contributed by atoms with E-state index < -0.39 is 0 Å². The predicted molar refractivity (Wildman–Crippen MR) is 60.5 cm³/mol. The Morgan fingerprint density at radius 3 is 2.75 bits per heavy atom. The Morgan fingerprint density at radius 1 is 1.38 bits per heavy atom. The minimum atomic E-state index is -0.221. The monoisotopic (exact) mass is 219 g/mol. The first-order valence-corrected chi connectivity index (χ1v) is 5.12. The molecule has 0 saturated heterocycles. The normalized spacial score (nSPS) is 12.7. The van der Waals surface area contributed by atoms with E-state index in [0.29, 0.717) is 0 Å². The van der Waals surface area contributed by atoms with Crippen LogP contribution in [0.5, 0.6) is 0 Å².